The van der Waals surface area contributed by atoms with Crippen LogP contribution in [-0.4, -0.2) is 19.7 Å². The van der Waals surface area contributed by atoms with Crippen LogP contribution in [0.15, 0.2) is 42.7 Å². The summed E-state index contributed by atoms with van der Waals surface area (Å²) in [6.07, 6.45) is 3.48. The fourth-order valence-corrected chi connectivity index (χ4v) is 3.21. The number of hydrogen-bond acceptors (Lipinski definition) is 3. The molecule has 0 radical (unpaired) electrons. The van der Waals surface area contributed by atoms with Crippen molar-refractivity contribution in [2.45, 2.75) is 0 Å². The third kappa shape index (κ3) is 2.50. The van der Waals surface area contributed by atoms with Gasteiger partial charge in [-0.3, -0.25) is 14.6 Å². The number of pyridine rings is 1. The van der Waals surface area contributed by atoms with Crippen LogP contribution in [0, 0.1) is 8.34 Å². The molecule has 1 aromatic carbocycles. The van der Waals surface area contributed by atoms with Gasteiger partial charge in [-0.1, -0.05) is 11.6 Å². The molecule has 0 bridgehead atoms. The predicted molar refractivity (Wildman–Crippen MR) is 89.7 cm³/mol. The molecule has 0 fully saturated rings. The molecule has 7 heteroatoms. The third-order valence-corrected chi connectivity index (χ3v) is 4.12. The molecular weight excluding hydrogens is 407 g/mol. The number of benzene rings is 1. The van der Waals surface area contributed by atoms with E-state index in [2.05, 4.69) is 37.8 Å². The van der Waals surface area contributed by atoms with Crippen LogP contribution < -0.4 is 0 Å². The van der Waals surface area contributed by atoms with Crippen molar-refractivity contribution in [1.29, 1.82) is 0 Å². The van der Waals surface area contributed by atoms with Gasteiger partial charge in [-0.05, 0) is 65.1 Å². The Kier molecular flexibility index (Phi) is 3.86. The van der Waals surface area contributed by atoms with Crippen LogP contribution in [0.25, 0.3) is 17.1 Å². The first kappa shape index (κ1) is 13.7. The standard InChI is InChI=1S/C13H8ClIN4S/c14-9-3-4-11(10(15)6-9)19-12(17-18-13(19)20)8-2-1-5-16-7-8/h1-7H,(H,18,20). The van der Waals surface area contributed by atoms with Gasteiger partial charge in [-0.15, -0.1) is 0 Å². The van der Waals surface area contributed by atoms with Gasteiger partial charge in [0.1, 0.15) is 0 Å². The van der Waals surface area contributed by atoms with Gasteiger partial charge in [0.05, 0.1) is 5.69 Å². The number of rotatable bonds is 2. The molecule has 0 aliphatic carbocycles. The van der Waals surface area contributed by atoms with E-state index < -0.39 is 0 Å². The molecule has 0 aliphatic heterocycles. The summed E-state index contributed by atoms with van der Waals surface area (Å²) in [4.78, 5) is 4.12. The first-order chi connectivity index (χ1) is 9.66. The van der Waals surface area contributed by atoms with E-state index in [4.69, 9.17) is 23.8 Å². The van der Waals surface area contributed by atoms with Gasteiger partial charge in [-0.2, -0.15) is 5.10 Å². The van der Waals surface area contributed by atoms with Crippen molar-refractivity contribution < 1.29 is 0 Å². The van der Waals surface area contributed by atoms with E-state index in [0.717, 1.165) is 20.6 Å². The quantitative estimate of drug-likeness (QED) is 0.504. The van der Waals surface area contributed by atoms with E-state index in [-0.39, 0.29) is 0 Å². The molecule has 1 N–H and O–H groups in total. The lowest BCUT2D eigenvalue weighted by atomic mass is 10.2. The van der Waals surface area contributed by atoms with Gasteiger partial charge in [0.25, 0.3) is 0 Å². The molecule has 3 aromatic rings. The molecule has 0 saturated carbocycles. The Labute approximate surface area is 139 Å². The highest BCUT2D eigenvalue weighted by Crippen LogP contribution is 2.26. The second-order valence-electron chi connectivity index (χ2n) is 4.03. The number of hydrogen-bond donors (Lipinski definition) is 1. The summed E-state index contributed by atoms with van der Waals surface area (Å²) in [6.45, 7) is 0. The maximum atomic E-state index is 6.00. The van der Waals surface area contributed by atoms with E-state index in [1.807, 2.05) is 34.9 Å². The zero-order chi connectivity index (χ0) is 14.1. The van der Waals surface area contributed by atoms with Crippen molar-refractivity contribution in [3.8, 4) is 17.1 Å². The van der Waals surface area contributed by atoms with E-state index in [9.17, 15) is 0 Å². The highest BCUT2D eigenvalue weighted by Gasteiger charge is 2.13. The Balaban J connectivity index is 2.25. The Hall–Kier alpha value is -1.25. The molecule has 20 heavy (non-hydrogen) atoms. The lowest BCUT2D eigenvalue weighted by Crippen LogP contribution is -2.00. The summed E-state index contributed by atoms with van der Waals surface area (Å²) in [5.41, 5.74) is 1.83. The number of aromatic nitrogens is 4. The average Bonchev–Trinajstić information content (AvgIpc) is 2.82. The van der Waals surface area contributed by atoms with E-state index in [0.29, 0.717) is 9.79 Å². The monoisotopic (exact) mass is 414 g/mol. The molecule has 0 amide bonds. The summed E-state index contributed by atoms with van der Waals surface area (Å²) in [7, 11) is 0. The molecule has 0 unspecified atom stereocenters. The molecular formula is C13H8ClIN4S. The summed E-state index contributed by atoms with van der Waals surface area (Å²) in [6, 6.07) is 9.46. The molecule has 0 spiro atoms. The second kappa shape index (κ2) is 5.63. The molecule has 0 atom stereocenters. The third-order valence-electron chi connectivity index (χ3n) is 2.74. The zero-order valence-corrected chi connectivity index (χ0v) is 13.8. The Morgan fingerprint density at radius 1 is 1.30 bits per heavy atom. The van der Waals surface area contributed by atoms with Crippen molar-refractivity contribution >= 4 is 46.4 Å². The lowest BCUT2D eigenvalue weighted by Gasteiger charge is -2.09. The summed E-state index contributed by atoms with van der Waals surface area (Å²) < 4.78 is 3.41. The normalized spacial score (nSPS) is 10.7. The predicted octanol–water partition coefficient (Wildman–Crippen LogP) is 4.25. The minimum atomic E-state index is 0.532. The largest absolute Gasteiger partial charge is 0.267 e. The molecule has 2 aromatic heterocycles. The number of aromatic amines is 1. The van der Waals surface area contributed by atoms with Crippen LogP contribution in [0.5, 0.6) is 0 Å². The van der Waals surface area contributed by atoms with Gasteiger partial charge in [0.15, 0.2) is 10.6 Å². The van der Waals surface area contributed by atoms with Crippen LogP contribution >= 0.6 is 46.4 Å². The minimum Gasteiger partial charge on any atom is -0.267 e. The summed E-state index contributed by atoms with van der Waals surface area (Å²) in [5, 5.41) is 7.81. The van der Waals surface area contributed by atoms with Crippen LogP contribution in [0.4, 0.5) is 0 Å². The smallest absolute Gasteiger partial charge is 0.200 e. The van der Waals surface area contributed by atoms with Crippen LogP contribution in [0.3, 0.4) is 0 Å². The van der Waals surface area contributed by atoms with E-state index in [1.54, 1.807) is 12.4 Å². The second-order valence-corrected chi connectivity index (χ2v) is 6.01. The highest BCUT2D eigenvalue weighted by molar-refractivity contribution is 14.1. The van der Waals surface area contributed by atoms with Gasteiger partial charge in [0.2, 0.25) is 0 Å². The van der Waals surface area contributed by atoms with Crippen molar-refractivity contribution in [3.05, 3.63) is 56.1 Å². The topological polar surface area (TPSA) is 46.5 Å². The Morgan fingerprint density at radius 3 is 2.85 bits per heavy atom. The molecule has 0 aliphatic rings. The van der Waals surface area contributed by atoms with Crippen molar-refractivity contribution in [1.82, 2.24) is 19.7 Å². The minimum absolute atomic E-state index is 0.532. The fourth-order valence-electron chi connectivity index (χ4n) is 1.87. The molecule has 2 heterocycles. The van der Waals surface area contributed by atoms with Gasteiger partial charge >= 0.3 is 0 Å². The van der Waals surface area contributed by atoms with E-state index in [1.165, 1.54) is 0 Å². The molecule has 3 rings (SSSR count). The Bertz CT molecular complexity index is 813. The number of halogens is 2. The van der Waals surface area contributed by atoms with Gasteiger partial charge < -0.3 is 0 Å². The Morgan fingerprint density at radius 2 is 2.15 bits per heavy atom. The summed E-state index contributed by atoms with van der Waals surface area (Å²) >= 11 is 13.6. The van der Waals surface area contributed by atoms with Crippen molar-refractivity contribution in [2.24, 2.45) is 0 Å². The number of nitrogens with one attached hydrogen (secondary N) is 1. The summed E-state index contributed by atoms with van der Waals surface area (Å²) in [5.74, 6) is 0.725. The fraction of sp³-hybridized carbons (Fsp3) is 0. The average molecular weight is 415 g/mol. The SMILES string of the molecule is S=c1[nH]nc(-c2cccnc2)n1-c1ccc(Cl)cc1I. The van der Waals surface area contributed by atoms with Crippen molar-refractivity contribution in [2.75, 3.05) is 0 Å². The van der Waals surface area contributed by atoms with Crippen LogP contribution in [0.2, 0.25) is 5.02 Å². The van der Waals surface area contributed by atoms with Crippen LogP contribution in [0.1, 0.15) is 0 Å². The maximum absolute atomic E-state index is 6.00. The number of nitrogens with zero attached hydrogens (tertiary/aromatic N) is 3. The van der Waals surface area contributed by atoms with Crippen molar-refractivity contribution in [3.63, 3.8) is 0 Å². The first-order valence-corrected chi connectivity index (χ1v) is 7.56. The van der Waals surface area contributed by atoms with Gasteiger partial charge in [0, 0.05) is 26.5 Å². The molecule has 100 valence electrons. The number of H-pyrrole nitrogens is 1. The maximum Gasteiger partial charge on any atom is 0.200 e. The highest BCUT2D eigenvalue weighted by atomic mass is 127. The van der Waals surface area contributed by atoms with Gasteiger partial charge in [-0.25, -0.2) is 0 Å². The van der Waals surface area contributed by atoms with Crippen LogP contribution in [-0.2, 0) is 0 Å². The van der Waals surface area contributed by atoms with E-state index >= 15 is 0 Å². The zero-order valence-electron chi connectivity index (χ0n) is 10.0. The first-order valence-electron chi connectivity index (χ1n) is 5.70. The lowest BCUT2D eigenvalue weighted by molar-refractivity contribution is 1.03. The molecule has 0 saturated heterocycles. The molecule has 4 nitrogen and oxygen atoms in total.